The largest absolute Gasteiger partial charge is 0.374 e. The van der Waals surface area contributed by atoms with E-state index in [0.29, 0.717) is 7.85 Å². The van der Waals surface area contributed by atoms with E-state index >= 15 is 0 Å². The zero-order valence-electron chi connectivity index (χ0n) is 9.43. The molecule has 2 aliphatic carbocycles. The maximum atomic E-state index is 6.30. The second kappa shape index (κ2) is 3.84. The van der Waals surface area contributed by atoms with Crippen molar-refractivity contribution in [3.63, 3.8) is 0 Å². The normalized spacial score (nSPS) is 37.8. The third kappa shape index (κ3) is 1.62. The molecule has 88 valence electrons. The first-order valence-corrected chi connectivity index (χ1v) is 6.31. The molecule has 0 bridgehead atoms. The van der Waals surface area contributed by atoms with E-state index in [-0.39, 0.29) is 5.60 Å². The first-order valence-electron chi connectivity index (χ1n) is 6.31. The molecule has 3 aliphatic rings. The average molecular weight is 218 g/mol. The number of allylic oxidation sites excluding steroid dienone is 1. The first kappa shape index (κ1) is 10.8. The van der Waals surface area contributed by atoms with Crippen molar-refractivity contribution in [2.24, 2.45) is 11.8 Å². The van der Waals surface area contributed by atoms with Crippen LogP contribution in [0.25, 0.3) is 0 Å². The van der Waals surface area contributed by atoms with Gasteiger partial charge in [-0.1, -0.05) is 12.2 Å². The van der Waals surface area contributed by atoms with Gasteiger partial charge in [-0.3, -0.25) is 0 Å². The van der Waals surface area contributed by atoms with Crippen LogP contribution in [-0.4, -0.2) is 20.1 Å². The highest BCUT2D eigenvalue weighted by atomic mass is 16.5. The molecule has 16 heavy (non-hydrogen) atoms. The summed E-state index contributed by atoms with van der Waals surface area (Å²) in [5.74, 6) is 3.73. The molecular weight excluding hydrogens is 195 g/mol. The molecule has 0 N–H and O–H groups in total. The Morgan fingerprint density at radius 2 is 2.12 bits per heavy atom. The molecule has 0 aromatic rings. The van der Waals surface area contributed by atoms with Gasteiger partial charge in [-0.05, 0) is 32.1 Å². The summed E-state index contributed by atoms with van der Waals surface area (Å²) >= 11 is 0. The van der Waals surface area contributed by atoms with E-state index in [1.54, 1.807) is 0 Å². The van der Waals surface area contributed by atoms with Crippen molar-refractivity contribution in [3.8, 4) is 0 Å². The predicted octanol–water partition coefficient (Wildman–Crippen LogP) is 2.20. The van der Waals surface area contributed by atoms with Crippen LogP contribution in [-0.2, 0) is 4.74 Å². The van der Waals surface area contributed by atoms with Crippen LogP contribution >= 0.6 is 0 Å². The van der Waals surface area contributed by atoms with Gasteiger partial charge < -0.3 is 4.74 Å². The Morgan fingerprint density at radius 1 is 1.38 bits per heavy atom. The Labute approximate surface area is 100 Å². The van der Waals surface area contributed by atoms with Crippen molar-refractivity contribution >= 4 is 7.85 Å². The van der Waals surface area contributed by atoms with Crippen LogP contribution < -0.4 is 0 Å². The molecule has 1 saturated heterocycles. The summed E-state index contributed by atoms with van der Waals surface area (Å²) in [7, 11) is 0.496. The summed E-state index contributed by atoms with van der Waals surface area (Å²) < 4.78 is 6.30. The van der Waals surface area contributed by atoms with Crippen molar-refractivity contribution in [3.05, 3.63) is 18.0 Å². The lowest BCUT2D eigenvalue weighted by molar-refractivity contribution is -0.0445. The molecule has 2 saturated carbocycles. The van der Waals surface area contributed by atoms with Gasteiger partial charge in [0.25, 0.3) is 0 Å². The second-order valence-corrected chi connectivity index (χ2v) is 5.49. The highest BCUT2D eigenvalue weighted by Gasteiger charge is 2.52. The van der Waals surface area contributed by atoms with Crippen LogP contribution in [0.4, 0.5) is 0 Å². The fraction of sp³-hybridized carbons (Fsp3) is 0.786. The molecule has 0 amide bonds. The van der Waals surface area contributed by atoms with E-state index in [2.05, 4.69) is 6.58 Å². The van der Waals surface area contributed by atoms with Gasteiger partial charge >= 0.3 is 0 Å². The van der Waals surface area contributed by atoms with Crippen LogP contribution in [0, 0.1) is 17.7 Å². The summed E-state index contributed by atoms with van der Waals surface area (Å²) in [6.07, 6.45) is 9.29. The van der Waals surface area contributed by atoms with Gasteiger partial charge in [0.1, 0.15) is 0 Å². The van der Waals surface area contributed by atoms with Gasteiger partial charge in [-0.15, -0.1) is 5.82 Å². The van der Waals surface area contributed by atoms with Crippen LogP contribution in [0.2, 0.25) is 0 Å². The van der Waals surface area contributed by atoms with E-state index < -0.39 is 0 Å². The van der Waals surface area contributed by atoms with Crippen LogP contribution in [0.1, 0.15) is 44.9 Å². The van der Waals surface area contributed by atoms with Gasteiger partial charge in [0.15, 0.2) is 7.85 Å². The molecule has 1 aliphatic heterocycles. The number of rotatable bonds is 0. The number of ether oxygens (including phenoxy) is 1. The summed E-state index contributed by atoms with van der Waals surface area (Å²) in [5.41, 5.74) is 1.74. The molecule has 1 nitrogen and oxygen atoms in total. The smallest absolute Gasteiger partial charge is 0.158 e. The number of hydrogen-bond acceptors (Lipinski definition) is 1. The number of fused-ring (bicyclic) bond motifs is 2. The molecule has 2 atom stereocenters. The van der Waals surface area contributed by atoms with Gasteiger partial charge in [0, 0.05) is 24.7 Å². The highest BCUT2D eigenvalue weighted by Crippen LogP contribution is 2.52. The zero-order valence-corrected chi connectivity index (χ0v) is 9.43. The van der Waals surface area contributed by atoms with Crippen molar-refractivity contribution in [1.82, 2.24) is 0 Å². The van der Waals surface area contributed by atoms with Gasteiger partial charge in [0.05, 0.1) is 12.2 Å². The molecule has 1 spiro atoms. The van der Waals surface area contributed by atoms with Gasteiger partial charge in [-0.2, -0.15) is 0 Å². The van der Waals surface area contributed by atoms with E-state index in [1.165, 1.54) is 50.5 Å². The molecule has 0 aromatic heterocycles. The van der Waals surface area contributed by atoms with E-state index in [9.17, 15) is 0 Å². The van der Waals surface area contributed by atoms with Gasteiger partial charge in [-0.25, -0.2) is 0 Å². The number of hydrogen-bond donors (Lipinski definition) is 0. The fourth-order valence-electron chi connectivity index (χ4n) is 3.71. The van der Waals surface area contributed by atoms with Gasteiger partial charge in [0.2, 0.25) is 0 Å². The summed E-state index contributed by atoms with van der Waals surface area (Å²) in [6, 6.07) is 0. The highest BCUT2D eigenvalue weighted by molar-refractivity contribution is 6.18. The van der Waals surface area contributed by atoms with E-state index in [0.717, 1.165) is 18.4 Å². The maximum Gasteiger partial charge on any atom is 0.158 e. The van der Waals surface area contributed by atoms with Crippen LogP contribution in [0.3, 0.4) is 0 Å². The molecular formula is C14H23BO. The van der Waals surface area contributed by atoms with E-state index in [4.69, 9.17) is 4.74 Å². The fourth-order valence-corrected chi connectivity index (χ4v) is 3.71. The third-order valence-electron chi connectivity index (χ3n) is 4.67. The molecule has 2 heteroatoms. The lowest BCUT2D eigenvalue weighted by Gasteiger charge is -2.41. The standard InChI is InChI=1S/C14H23BO/c1-10-4-6-14(7-5-10)13-3-2-12(15)8-11(13)9-16-14/h11,13H,1-9H2,15H3. The van der Waals surface area contributed by atoms with Crippen molar-refractivity contribution < 1.29 is 4.74 Å². The first-order chi connectivity index (χ1) is 7.70. The van der Waals surface area contributed by atoms with Crippen molar-refractivity contribution in [2.45, 2.75) is 50.5 Å². The minimum absolute atomic E-state index is 0.284. The van der Waals surface area contributed by atoms with Crippen LogP contribution in [0.15, 0.2) is 12.2 Å². The SMILES string of the molecule is [BH3-][C+]1CCC2C(COC23CCC(=C)CC3)C1. The summed E-state index contributed by atoms with van der Waals surface area (Å²) in [4.78, 5) is 0. The van der Waals surface area contributed by atoms with E-state index in [1.807, 2.05) is 5.82 Å². The average Bonchev–Trinajstić information content (AvgIpc) is 2.62. The predicted molar refractivity (Wildman–Crippen MR) is 70.3 cm³/mol. The molecule has 3 rings (SSSR count). The molecule has 0 aromatic carbocycles. The molecule has 3 fully saturated rings. The second-order valence-electron chi connectivity index (χ2n) is 5.49. The Morgan fingerprint density at radius 3 is 2.88 bits per heavy atom. The minimum Gasteiger partial charge on any atom is -0.374 e. The molecule has 2 unspecified atom stereocenters. The monoisotopic (exact) mass is 218 g/mol. The summed E-state index contributed by atoms with van der Waals surface area (Å²) in [6.45, 7) is 5.20. The Balaban J connectivity index is 1.75. The molecule has 0 radical (unpaired) electrons. The third-order valence-corrected chi connectivity index (χ3v) is 4.67. The summed E-state index contributed by atoms with van der Waals surface area (Å²) in [5, 5.41) is 0. The topological polar surface area (TPSA) is 9.23 Å². The lowest BCUT2D eigenvalue weighted by Crippen LogP contribution is -2.41. The Bertz CT molecular complexity index is 289. The van der Waals surface area contributed by atoms with Crippen molar-refractivity contribution in [1.29, 1.82) is 0 Å². The van der Waals surface area contributed by atoms with Crippen LogP contribution in [0.5, 0.6) is 0 Å². The molecule has 1 heterocycles. The maximum absolute atomic E-state index is 6.30. The minimum atomic E-state index is 0.284. The quantitative estimate of drug-likeness (QED) is 0.344. The Kier molecular flexibility index (Phi) is 2.58. The lowest BCUT2D eigenvalue weighted by atomic mass is 9.61. The van der Waals surface area contributed by atoms with Crippen molar-refractivity contribution in [2.75, 3.05) is 6.61 Å². The zero-order chi connectivity index (χ0) is 11.2. The Hall–Kier alpha value is -0.365.